The first-order valence-corrected chi connectivity index (χ1v) is 4.34. The highest BCUT2D eigenvalue weighted by atomic mass is 32.1. The number of hydrazine groups is 1. The molecule has 0 fully saturated rings. The summed E-state index contributed by atoms with van der Waals surface area (Å²) >= 11 is 1.44. The first kappa shape index (κ1) is 9.18. The number of amides is 1. The summed E-state index contributed by atoms with van der Waals surface area (Å²) in [5, 5.41) is 3.00. The lowest BCUT2D eigenvalue weighted by Crippen LogP contribution is -2.29. The third-order valence-corrected chi connectivity index (χ3v) is 2.45. The van der Waals surface area contributed by atoms with Gasteiger partial charge in [0.15, 0.2) is 0 Å². The van der Waals surface area contributed by atoms with Crippen molar-refractivity contribution in [2.24, 2.45) is 5.84 Å². The zero-order valence-corrected chi connectivity index (χ0v) is 7.57. The molecular weight excluding hydrogens is 174 g/mol. The average Bonchev–Trinajstić information content (AvgIpc) is 2.52. The summed E-state index contributed by atoms with van der Waals surface area (Å²) in [6, 6.07) is 3.67. The van der Waals surface area contributed by atoms with Crippen molar-refractivity contribution in [3.05, 3.63) is 21.9 Å². The molecule has 4 N–H and O–H groups in total. The number of nitrogen functional groups attached to an aromatic ring is 1. The molecule has 66 valence electrons. The number of carbonyl (C=O) groups is 1. The molecule has 1 aromatic heterocycles. The summed E-state index contributed by atoms with van der Waals surface area (Å²) in [6.45, 7) is 0.780. The summed E-state index contributed by atoms with van der Waals surface area (Å²) < 4.78 is 0. The van der Waals surface area contributed by atoms with Crippen LogP contribution in [0.5, 0.6) is 0 Å². The Morgan fingerprint density at radius 3 is 3.00 bits per heavy atom. The van der Waals surface area contributed by atoms with Gasteiger partial charge in [0.25, 0.3) is 5.91 Å². The van der Waals surface area contributed by atoms with Gasteiger partial charge in [0.05, 0.1) is 4.88 Å². The molecule has 0 aliphatic rings. The second kappa shape index (κ2) is 4.20. The number of nitrogens with one attached hydrogen (secondary N) is 2. The molecule has 1 amide bonds. The van der Waals surface area contributed by atoms with Crippen LogP contribution in [-0.4, -0.2) is 13.0 Å². The third kappa shape index (κ3) is 2.04. The fourth-order valence-corrected chi connectivity index (χ4v) is 1.76. The van der Waals surface area contributed by atoms with Gasteiger partial charge in [-0.1, -0.05) is 0 Å². The Hall–Kier alpha value is -0.910. The topological polar surface area (TPSA) is 67.2 Å². The second-order valence-electron chi connectivity index (χ2n) is 2.27. The largest absolute Gasteiger partial charge is 0.315 e. The van der Waals surface area contributed by atoms with Gasteiger partial charge in [0.1, 0.15) is 0 Å². The summed E-state index contributed by atoms with van der Waals surface area (Å²) in [6.07, 6.45) is 0. The first-order chi connectivity index (χ1) is 5.77. The number of hydrogen-bond acceptors (Lipinski definition) is 4. The second-order valence-corrected chi connectivity index (χ2v) is 3.44. The SMILES string of the molecule is CNCc1ccc(C(=O)NN)s1. The van der Waals surface area contributed by atoms with Gasteiger partial charge in [-0.3, -0.25) is 10.2 Å². The Balaban J connectivity index is 2.70. The van der Waals surface area contributed by atoms with Gasteiger partial charge in [-0.2, -0.15) is 0 Å². The summed E-state index contributed by atoms with van der Waals surface area (Å²) in [7, 11) is 1.86. The van der Waals surface area contributed by atoms with Crippen LogP contribution in [-0.2, 0) is 6.54 Å². The molecule has 0 atom stereocenters. The number of carbonyl (C=O) groups excluding carboxylic acids is 1. The van der Waals surface area contributed by atoms with E-state index in [0.29, 0.717) is 4.88 Å². The zero-order chi connectivity index (χ0) is 8.97. The van der Waals surface area contributed by atoms with Crippen molar-refractivity contribution in [3.8, 4) is 0 Å². The Morgan fingerprint density at radius 1 is 1.67 bits per heavy atom. The molecule has 0 saturated heterocycles. The highest BCUT2D eigenvalue weighted by molar-refractivity contribution is 7.14. The molecule has 0 unspecified atom stereocenters. The minimum Gasteiger partial charge on any atom is -0.315 e. The van der Waals surface area contributed by atoms with Crippen LogP contribution in [0, 0.1) is 0 Å². The molecule has 0 aromatic carbocycles. The van der Waals surface area contributed by atoms with Crippen LogP contribution in [0.3, 0.4) is 0 Å². The predicted molar refractivity (Wildman–Crippen MR) is 48.7 cm³/mol. The van der Waals surface area contributed by atoms with E-state index in [9.17, 15) is 4.79 Å². The first-order valence-electron chi connectivity index (χ1n) is 3.52. The molecule has 1 heterocycles. The van der Waals surface area contributed by atoms with Crippen molar-refractivity contribution in [2.45, 2.75) is 6.54 Å². The van der Waals surface area contributed by atoms with Crippen LogP contribution in [0.15, 0.2) is 12.1 Å². The van der Waals surface area contributed by atoms with Gasteiger partial charge in [-0.15, -0.1) is 11.3 Å². The van der Waals surface area contributed by atoms with E-state index >= 15 is 0 Å². The van der Waals surface area contributed by atoms with Crippen molar-refractivity contribution in [1.29, 1.82) is 0 Å². The molecular formula is C7H11N3OS. The molecule has 0 aliphatic carbocycles. The molecule has 0 saturated carbocycles. The number of hydrogen-bond donors (Lipinski definition) is 3. The lowest BCUT2D eigenvalue weighted by Gasteiger charge is -1.93. The van der Waals surface area contributed by atoms with Gasteiger partial charge < -0.3 is 5.32 Å². The lowest BCUT2D eigenvalue weighted by molar-refractivity contribution is 0.0957. The Labute approximate surface area is 74.7 Å². The Morgan fingerprint density at radius 2 is 2.42 bits per heavy atom. The van der Waals surface area contributed by atoms with Crippen LogP contribution < -0.4 is 16.6 Å². The van der Waals surface area contributed by atoms with Gasteiger partial charge in [-0.25, -0.2) is 5.84 Å². The van der Waals surface area contributed by atoms with Gasteiger partial charge in [0.2, 0.25) is 0 Å². The maximum absolute atomic E-state index is 11.0. The third-order valence-electron chi connectivity index (χ3n) is 1.37. The molecule has 4 nitrogen and oxygen atoms in total. The van der Waals surface area contributed by atoms with E-state index in [1.807, 2.05) is 13.1 Å². The number of rotatable bonds is 3. The van der Waals surface area contributed by atoms with Gasteiger partial charge >= 0.3 is 0 Å². The fraction of sp³-hybridized carbons (Fsp3) is 0.286. The van der Waals surface area contributed by atoms with E-state index in [1.165, 1.54) is 11.3 Å². The van der Waals surface area contributed by atoms with E-state index in [4.69, 9.17) is 5.84 Å². The van der Waals surface area contributed by atoms with E-state index in [0.717, 1.165) is 11.4 Å². The summed E-state index contributed by atoms with van der Waals surface area (Å²) in [4.78, 5) is 12.7. The van der Waals surface area contributed by atoms with Crippen LogP contribution >= 0.6 is 11.3 Å². The monoisotopic (exact) mass is 185 g/mol. The molecule has 5 heteroatoms. The maximum atomic E-state index is 11.0. The fourth-order valence-electron chi connectivity index (χ4n) is 0.840. The molecule has 1 rings (SSSR count). The van der Waals surface area contributed by atoms with Gasteiger partial charge in [0, 0.05) is 11.4 Å². The minimum absolute atomic E-state index is 0.234. The summed E-state index contributed by atoms with van der Waals surface area (Å²) in [5.41, 5.74) is 2.09. The molecule has 12 heavy (non-hydrogen) atoms. The zero-order valence-electron chi connectivity index (χ0n) is 6.76. The number of thiophene rings is 1. The van der Waals surface area contributed by atoms with Crippen molar-refractivity contribution < 1.29 is 4.79 Å². The van der Waals surface area contributed by atoms with Crippen LogP contribution in [0.2, 0.25) is 0 Å². The van der Waals surface area contributed by atoms with Crippen LogP contribution in [0.25, 0.3) is 0 Å². The van der Waals surface area contributed by atoms with Gasteiger partial charge in [-0.05, 0) is 19.2 Å². The summed E-state index contributed by atoms with van der Waals surface area (Å²) in [5.74, 6) is 4.74. The lowest BCUT2D eigenvalue weighted by atomic mass is 10.4. The number of nitrogens with two attached hydrogens (primary N) is 1. The molecule has 1 aromatic rings. The van der Waals surface area contributed by atoms with E-state index in [2.05, 4.69) is 10.7 Å². The van der Waals surface area contributed by atoms with Crippen molar-refractivity contribution in [1.82, 2.24) is 10.7 Å². The molecule has 0 bridgehead atoms. The highest BCUT2D eigenvalue weighted by Gasteiger charge is 2.05. The average molecular weight is 185 g/mol. The van der Waals surface area contributed by atoms with E-state index in [-0.39, 0.29) is 5.91 Å². The van der Waals surface area contributed by atoms with E-state index in [1.54, 1.807) is 6.07 Å². The molecule has 0 aliphatic heterocycles. The molecule has 0 spiro atoms. The van der Waals surface area contributed by atoms with Crippen LogP contribution in [0.4, 0.5) is 0 Å². The maximum Gasteiger partial charge on any atom is 0.275 e. The standard InChI is InChI=1S/C7H11N3OS/c1-9-4-5-2-3-6(12-5)7(11)10-8/h2-3,9H,4,8H2,1H3,(H,10,11). The normalized spacial score (nSPS) is 9.83. The Bertz CT molecular complexity index is 271. The molecule has 0 radical (unpaired) electrons. The smallest absolute Gasteiger partial charge is 0.275 e. The van der Waals surface area contributed by atoms with E-state index < -0.39 is 0 Å². The quantitative estimate of drug-likeness (QED) is 0.355. The minimum atomic E-state index is -0.234. The predicted octanol–water partition coefficient (Wildman–Crippen LogP) is 0.0710. The van der Waals surface area contributed by atoms with Crippen molar-refractivity contribution >= 4 is 17.2 Å². The highest BCUT2D eigenvalue weighted by Crippen LogP contribution is 2.15. The van der Waals surface area contributed by atoms with Crippen LogP contribution in [0.1, 0.15) is 14.5 Å². The Kier molecular flexibility index (Phi) is 3.21. The van der Waals surface area contributed by atoms with Crippen molar-refractivity contribution in [3.63, 3.8) is 0 Å². The van der Waals surface area contributed by atoms with Crippen molar-refractivity contribution in [2.75, 3.05) is 7.05 Å².